The highest BCUT2D eigenvalue weighted by atomic mass is 16.7. The molecule has 1 fully saturated rings. The van der Waals surface area contributed by atoms with Gasteiger partial charge in [0.05, 0.1) is 25.4 Å². The first-order chi connectivity index (χ1) is 28.2. The van der Waals surface area contributed by atoms with Gasteiger partial charge in [0, 0.05) is 0 Å². The highest BCUT2D eigenvalue weighted by Crippen LogP contribution is 2.23. The fourth-order valence-electron chi connectivity index (χ4n) is 7.48. The van der Waals surface area contributed by atoms with E-state index in [0.717, 1.165) is 51.4 Å². The lowest BCUT2D eigenvalue weighted by Gasteiger charge is -2.40. The number of nitrogens with one attached hydrogen (secondary N) is 1. The number of amides is 1. The van der Waals surface area contributed by atoms with Crippen molar-refractivity contribution in [3.05, 3.63) is 24.3 Å². The van der Waals surface area contributed by atoms with Crippen molar-refractivity contribution in [1.82, 2.24) is 5.32 Å². The predicted molar refractivity (Wildman–Crippen MR) is 233 cm³/mol. The summed E-state index contributed by atoms with van der Waals surface area (Å²) in [7, 11) is 0. The van der Waals surface area contributed by atoms with Crippen molar-refractivity contribution in [2.45, 2.75) is 255 Å². The molecular weight excluding hydrogens is 739 g/mol. The third-order valence-corrected chi connectivity index (χ3v) is 11.5. The van der Waals surface area contributed by atoms with Gasteiger partial charge in [-0.3, -0.25) is 4.79 Å². The first-order valence-corrected chi connectivity index (χ1v) is 23.7. The molecule has 1 aliphatic rings. The third-order valence-electron chi connectivity index (χ3n) is 11.5. The lowest BCUT2D eigenvalue weighted by atomic mass is 9.98. The molecule has 0 bridgehead atoms. The number of hydrogen-bond acceptors (Lipinski definition) is 10. The lowest BCUT2D eigenvalue weighted by Crippen LogP contribution is -2.60. The zero-order valence-corrected chi connectivity index (χ0v) is 36.8. The fraction of sp³-hybridized carbons (Fsp3) is 0.894. The van der Waals surface area contributed by atoms with Gasteiger partial charge in [0.2, 0.25) is 5.91 Å². The van der Waals surface area contributed by atoms with Gasteiger partial charge < -0.3 is 50.5 Å². The fourth-order valence-corrected chi connectivity index (χ4v) is 7.48. The molecule has 0 aromatic heterocycles. The number of ether oxygens (including phenoxy) is 2. The molecule has 11 nitrogen and oxygen atoms in total. The van der Waals surface area contributed by atoms with Crippen molar-refractivity contribution in [3.63, 3.8) is 0 Å². The van der Waals surface area contributed by atoms with E-state index in [9.17, 15) is 40.5 Å². The van der Waals surface area contributed by atoms with Gasteiger partial charge in [0.15, 0.2) is 6.29 Å². The van der Waals surface area contributed by atoms with E-state index in [-0.39, 0.29) is 12.8 Å². The first kappa shape index (κ1) is 54.6. The second-order valence-electron chi connectivity index (χ2n) is 16.8. The van der Waals surface area contributed by atoms with Crippen LogP contribution in [0.15, 0.2) is 24.3 Å². The molecule has 9 atom stereocenters. The molecule has 0 spiro atoms. The molecular formula is C47H89NO10. The zero-order valence-electron chi connectivity index (χ0n) is 36.8. The standard InChI is InChI=1S/C47H89NO10/c1-3-5-7-9-11-12-13-14-15-16-17-18-19-20-21-22-23-24-25-26-27-29-31-33-35-40(51)46(56)48-38(42(52)39(50)34-32-30-28-10-8-6-4-2)37-57-47-45(55)44(54)43(53)41(36-49)58-47/h10,20-21,28,38-45,47,49-55H,3-9,11-19,22-27,29-37H2,1-2H3,(H,48,56)/b21-20-,28-10+. The van der Waals surface area contributed by atoms with Crippen LogP contribution in [0.25, 0.3) is 0 Å². The Morgan fingerprint density at radius 2 is 1.03 bits per heavy atom. The smallest absolute Gasteiger partial charge is 0.249 e. The average Bonchev–Trinajstić information content (AvgIpc) is 3.22. The first-order valence-electron chi connectivity index (χ1n) is 23.7. The monoisotopic (exact) mass is 828 g/mol. The topological polar surface area (TPSA) is 189 Å². The van der Waals surface area contributed by atoms with Crippen LogP contribution in [-0.2, 0) is 14.3 Å². The lowest BCUT2D eigenvalue weighted by molar-refractivity contribution is -0.303. The van der Waals surface area contributed by atoms with Gasteiger partial charge in [0.25, 0.3) is 0 Å². The Morgan fingerprint density at radius 3 is 1.53 bits per heavy atom. The van der Waals surface area contributed by atoms with Crippen LogP contribution in [-0.4, -0.2) is 110 Å². The Hall–Kier alpha value is -1.41. The molecule has 0 radical (unpaired) electrons. The van der Waals surface area contributed by atoms with E-state index in [1.165, 1.54) is 109 Å². The summed E-state index contributed by atoms with van der Waals surface area (Å²) >= 11 is 0. The van der Waals surface area contributed by atoms with E-state index in [1.807, 2.05) is 6.08 Å². The summed E-state index contributed by atoms with van der Waals surface area (Å²) in [6, 6.07) is -1.18. The number of aliphatic hydroxyl groups is 7. The van der Waals surface area contributed by atoms with Crippen LogP contribution in [0, 0.1) is 0 Å². The van der Waals surface area contributed by atoms with Gasteiger partial charge in [0.1, 0.15) is 36.6 Å². The van der Waals surface area contributed by atoms with Crippen LogP contribution in [0.4, 0.5) is 0 Å². The molecule has 9 unspecified atom stereocenters. The zero-order chi connectivity index (χ0) is 42.6. The van der Waals surface area contributed by atoms with Crippen LogP contribution in [0.2, 0.25) is 0 Å². The minimum Gasteiger partial charge on any atom is -0.394 e. The molecule has 342 valence electrons. The molecule has 1 heterocycles. The second kappa shape index (κ2) is 37.4. The average molecular weight is 828 g/mol. The molecule has 1 saturated heterocycles. The number of carbonyl (C=O) groups excluding carboxylic acids is 1. The van der Waals surface area contributed by atoms with Gasteiger partial charge >= 0.3 is 0 Å². The Kier molecular flexibility index (Phi) is 35.2. The minimum atomic E-state index is -1.66. The Balaban J connectivity index is 2.29. The summed E-state index contributed by atoms with van der Waals surface area (Å²) in [6.07, 6.45) is 30.0. The summed E-state index contributed by atoms with van der Waals surface area (Å²) in [6.45, 7) is 3.33. The quantitative estimate of drug-likeness (QED) is 0.0224. The highest BCUT2D eigenvalue weighted by molar-refractivity contribution is 5.80. The molecule has 11 heteroatoms. The van der Waals surface area contributed by atoms with Crippen LogP contribution < -0.4 is 5.32 Å². The van der Waals surface area contributed by atoms with Crippen molar-refractivity contribution in [2.75, 3.05) is 13.2 Å². The van der Waals surface area contributed by atoms with Crippen LogP contribution in [0.5, 0.6) is 0 Å². The summed E-state index contributed by atoms with van der Waals surface area (Å²) in [5.41, 5.74) is 0. The van der Waals surface area contributed by atoms with Gasteiger partial charge in [-0.15, -0.1) is 0 Å². The van der Waals surface area contributed by atoms with Crippen molar-refractivity contribution in [3.8, 4) is 0 Å². The number of hydrogen-bond donors (Lipinski definition) is 8. The highest BCUT2D eigenvalue weighted by Gasteiger charge is 2.44. The molecule has 0 aromatic carbocycles. The SMILES string of the molecule is CCCC/C=C/CCCC(O)C(O)C(COC1OC(CO)C(O)C(O)C1O)NC(=O)C(O)CCCCCCCCCC/C=C\CCCCCCCCCCCCCC. The largest absolute Gasteiger partial charge is 0.394 e. The molecule has 0 aliphatic carbocycles. The Bertz CT molecular complexity index is 997. The number of unbranched alkanes of at least 4 members (excludes halogenated alkanes) is 23. The second-order valence-corrected chi connectivity index (χ2v) is 16.8. The van der Waals surface area contributed by atoms with E-state index >= 15 is 0 Å². The molecule has 8 N–H and O–H groups in total. The Morgan fingerprint density at radius 1 is 0.586 bits per heavy atom. The van der Waals surface area contributed by atoms with E-state index in [2.05, 4.69) is 37.4 Å². The summed E-state index contributed by atoms with van der Waals surface area (Å²) < 4.78 is 11.0. The normalized spacial score (nSPS) is 22.1. The predicted octanol–water partition coefficient (Wildman–Crippen LogP) is 7.84. The molecule has 58 heavy (non-hydrogen) atoms. The summed E-state index contributed by atoms with van der Waals surface area (Å²) in [5.74, 6) is -0.712. The van der Waals surface area contributed by atoms with Gasteiger partial charge in [-0.25, -0.2) is 0 Å². The van der Waals surface area contributed by atoms with Gasteiger partial charge in [-0.2, -0.15) is 0 Å². The maximum absolute atomic E-state index is 13.0. The van der Waals surface area contributed by atoms with Crippen LogP contribution >= 0.6 is 0 Å². The van der Waals surface area contributed by atoms with Crippen molar-refractivity contribution >= 4 is 5.91 Å². The maximum Gasteiger partial charge on any atom is 0.249 e. The third kappa shape index (κ3) is 26.7. The van der Waals surface area contributed by atoms with Gasteiger partial charge in [-0.05, 0) is 57.8 Å². The molecule has 0 saturated carbocycles. The molecule has 1 amide bonds. The molecule has 0 aromatic rings. The van der Waals surface area contributed by atoms with Gasteiger partial charge in [-0.1, -0.05) is 167 Å². The van der Waals surface area contributed by atoms with Crippen LogP contribution in [0.3, 0.4) is 0 Å². The van der Waals surface area contributed by atoms with E-state index < -0.39 is 74.2 Å². The van der Waals surface area contributed by atoms with Crippen molar-refractivity contribution in [1.29, 1.82) is 0 Å². The van der Waals surface area contributed by atoms with E-state index in [0.29, 0.717) is 12.8 Å². The van der Waals surface area contributed by atoms with E-state index in [4.69, 9.17) is 9.47 Å². The van der Waals surface area contributed by atoms with Crippen molar-refractivity contribution < 1.29 is 50.0 Å². The summed E-state index contributed by atoms with van der Waals surface area (Å²) in [5, 5.41) is 75.2. The number of rotatable bonds is 39. The van der Waals surface area contributed by atoms with Crippen LogP contribution in [0.1, 0.15) is 200 Å². The maximum atomic E-state index is 13.0. The number of allylic oxidation sites excluding steroid dienone is 4. The molecule has 1 aliphatic heterocycles. The Labute approximate surface area is 353 Å². The number of aliphatic hydroxyl groups excluding tert-OH is 7. The summed E-state index contributed by atoms with van der Waals surface area (Å²) in [4.78, 5) is 13.0. The van der Waals surface area contributed by atoms with Crippen molar-refractivity contribution in [2.24, 2.45) is 0 Å². The minimum absolute atomic E-state index is 0.251. The van der Waals surface area contributed by atoms with E-state index in [1.54, 1.807) is 0 Å². The number of carbonyl (C=O) groups is 1. The molecule has 1 rings (SSSR count).